The second-order valence-electron chi connectivity index (χ2n) is 6.36. The molecule has 0 aromatic heterocycles. The van der Waals surface area contributed by atoms with Crippen molar-refractivity contribution in [2.75, 3.05) is 26.3 Å². The van der Waals surface area contributed by atoms with Gasteiger partial charge in [-0.25, -0.2) is 0 Å². The molecule has 118 valence electrons. The van der Waals surface area contributed by atoms with E-state index >= 15 is 0 Å². The first-order valence-corrected chi connectivity index (χ1v) is 8.57. The molecular formula is C16H19BrN2O3. The third kappa shape index (κ3) is 2.29. The first-order valence-electron chi connectivity index (χ1n) is 7.77. The molecule has 2 heterocycles. The van der Waals surface area contributed by atoms with Gasteiger partial charge >= 0.3 is 0 Å². The lowest BCUT2D eigenvalue weighted by Crippen LogP contribution is -2.33. The Morgan fingerprint density at radius 1 is 1.23 bits per heavy atom. The second kappa shape index (κ2) is 5.42. The van der Waals surface area contributed by atoms with Gasteiger partial charge in [-0.2, -0.15) is 0 Å². The number of amides is 1. The molecule has 3 atom stereocenters. The molecule has 1 saturated carbocycles. The molecule has 6 heteroatoms. The zero-order chi connectivity index (χ0) is 15.3. The lowest BCUT2D eigenvalue weighted by atomic mass is 9.98. The van der Waals surface area contributed by atoms with Gasteiger partial charge in [0.2, 0.25) is 0 Å². The zero-order valence-corrected chi connectivity index (χ0v) is 13.8. The second-order valence-corrected chi connectivity index (χ2v) is 7.21. The molecule has 2 N–H and O–H groups in total. The Labute approximate surface area is 137 Å². The van der Waals surface area contributed by atoms with Crippen LogP contribution in [0, 0.1) is 11.8 Å². The van der Waals surface area contributed by atoms with Gasteiger partial charge in [-0.3, -0.25) is 4.79 Å². The number of nitrogens with zero attached hydrogens (tertiary/aromatic N) is 1. The van der Waals surface area contributed by atoms with Crippen LogP contribution in [0.15, 0.2) is 16.6 Å². The number of rotatable bonds is 1. The number of carbonyl (C=O) groups excluding carboxylic acids is 1. The van der Waals surface area contributed by atoms with Gasteiger partial charge in [-0.15, -0.1) is 0 Å². The lowest BCUT2D eigenvalue weighted by Gasteiger charge is -2.22. The molecule has 5 nitrogen and oxygen atoms in total. The molecule has 4 rings (SSSR count). The van der Waals surface area contributed by atoms with Crippen LogP contribution in [0.25, 0.3) is 0 Å². The molecule has 2 aliphatic heterocycles. The summed E-state index contributed by atoms with van der Waals surface area (Å²) in [5, 5.41) is 0. The smallest absolute Gasteiger partial charge is 0.254 e. The fraction of sp³-hybridized carbons (Fsp3) is 0.562. The van der Waals surface area contributed by atoms with Crippen molar-refractivity contribution in [3.8, 4) is 11.5 Å². The summed E-state index contributed by atoms with van der Waals surface area (Å²) in [5.41, 5.74) is 6.80. The average Bonchev–Trinajstić information content (AvgIpc) is 3.09. The summed E-state index contributed by atoms with van der Waals surface area (Å²) < 4.78 is 11.9. The molecule has 1 aromatic carbocycles. The van der Waals surface area contributed by atoms with Gasteiger partial charge < -0.3 is 20.1 Å². The zero-order valence-electron chi connectivity index (χ0n) is 12.3. The van der Waals surface area contributed by atoms with Gasteiger partial charge in [0, 0.05) is 24.7 Å². The highest BCUT2D eigenvalue weighted by molar-refractivity contribution is 9.10. The van der Waals surface area contributed by atoms with Crippen LogP contribution in [0.4, 0.5) is 0 Å². The van der Waals surface area contributed by atoms with Crippen LogP contribution in [-0.2, 0) is 0 Å². The fourth-order valence-electron chi connectivity index (χ4n) is 3.89. The Morgan fingerprint density at radius 3 is 2.86 bits per heavy atom. The fourth-order valence-corrected chi connectivity index (χ4v) is 4.45. The van der Waals surface area contributed by atoms with Gasteiger partial charge in [0.1, 0.15) is 13.2 Å². The molecule has 1 saturated heterocycles. The number of likely N-dealkylation sites (tertiary alicyclic amines) is 1. The number of nitrogens with two attached hydrogens (primary N) is 1. The molecule has 1 aromatic rings. The summed E-state index contributed by atoms with van der Waals surface area (Å²) >= 11 is 3.47. The van der Waals surface area contributed by atoms with Gasteiger partial charge in [0.25, 0.3) is 5.91 Å². The van der Waals surface area contributed by atoms with Crippen molar-refractivity contribution < 1.29 is 14.3 Å². The number of hydrogen-bond acceptors (Lipinski definition) is 4. The predicted octanol–water partition coefficient (Wildman–Crippen LogP) is 2.03. The first-order chi connectivity index (χ1) is 10.6. The molecule has 0 spiro atoms. The molecule has 1 amide bonds. The van der Waals surface area contributed by atoms with E-state index in [1.807, 2.05) is 11.0 Å². The highest BCUT2D eigenvalue weighted by atomic mass is 79.9. The van der Waals surface area contributed by atoms with Crippen LogP contribution < -0.4 is 15.2 Å². The Balaban J connectivity index is 1.57. The van der Waals surface area contributed by atoms with E-state index in [1.165, 1.54) is 0 Å². The van der Waals surface area contributed by atoms with E-state index in [4.69, 9.17) is 15.2 Å². The molecule has 22 heavy (non-hydrogen) atoms. The van der Waals surface area contributed by atoms with E-state index in [9.17, 15) is 4.79 Å². The van der Waals surface area contributed by atoms with Crippen molar-refractivity contribution in [1.82, 2.24) is 4.90 Å². The van der Waals surface area contributed by atoms with E-state index in [0.717, 1.165) is 30.4 Å². The van der Waals surface area contributed by atoms with E-state index in [2.05, 4.69) is 15.9 Å². The molecule has 2 fully saturated rings. The van der Waals surface area contributed by atoms with Crippen LogP contribution in [0.5, 0.6) is 11.5 Å². The summed E-state index contributed by atoms with van der Waals surface area (Å²) in [7, 11) is 0. The number of ether oxygens (including phenoxy) is 2. The Kier molecular flexibility index (Phi) is 3.53. The summed E-state index contributed by atoms with van der Waals surface area (Å²) in [4.78, 5) is 14.7. The molecule has 0 radical (unpaired) electrons. The van der Waals surface area contributed by atoms with Crippen LogP contribution in [0.2, 0.25) is 0 Å². The van der Waals surface area contributed by atoms with Crippen LogP contribution >= 0.6 is 15.9 Å². The van der Waals surface area contributed by atoms with E-state index in [0.29, 0.717) is 42.1 Å². The van der Waals surface area contributed by atoms with Crippen molar-refractivity contribution in [2.24, 2.45) is 17.6 Å². The number of hydrogen-bond donors (Lipinski definition) is 1. The minimum atomic E-state index is 0.0549. The summed E-state index contributed by atoms with van der Waals surface area (Å²) in [5.74, 6) is 2.41. The summed E-state index contributed by atoms with van der Waals surface area (Å²) in [6.45, 7) is 2.64. The summed E-state index contributed by atoms with van der Waals surface area (Å²) in [6, 6.07) is 3.86. The minimum absolute atomic E-state index is 0.0549. The minimum Gasteiger partial charge on any atom is -0.486 e. The van der Waals surface area contributed by atoms with E-state index in [-0.39, 0.29) is 11.9 Å². The SMILES string of the molecule is NC1CCC2CN(C(=O)c3cc(Br)c4c(c3)OCCO4)CC12. The van der Waals surface area contributed by atoms with Crippen molar-refractivity contribution in [2.45, 2.75) is 18.9 Å². The molecule has 0 bridgehead atoms. The Bertz CT molecular complexity index is 622. The lowest BCUT2D eigenvalue weighted by molar-refractivity contribution is 0.0778. The third-order valence-electron chi connectivity index (χ3n) is 5.04. The standard InChI is InChI=1S/C16H19BrN2O3/c17-12-5-10(6-14-15(12)22-4-3-21-14)16(20)19-7-9-1-2-13(18)11(9)8-19/h5-6,9,11,13H,1-4,7-8,18H2. The van der Waals surface area contributed by atoms with Gasteiger partial charge in [0.15, 0.2) is 11.5 Å². The van der Waals surface area contributed by atoms with Gasteiger partial charge in [-0.05, 0) is 52.7 Å². The predicted molar refractivity (Wildman–Crippen MR) is 85.2 cm³/mol. The largest absolute Gasteiger partial charge is 0.486 e. The normalized spacial score (nSPS) is 29.5. The third-order valence-corrected chi connectivity index (χ3v) is 5.63. The van der Waals surface area contributed by atoms with Crippen LogP contribution in [0.1, 0.15) is 23.2 Å². The highest BCUT2D eigenvalue weighted by Gasteiger charge is 2.42. The summed E-state index contributed by atoms with van der Waals surface area (Å²) in [6.07, 6.45) is 2.23. The molecular weight excluding hydrogens is 348 g/mol. The number of benzene rings is 1. The Morgan fingerprint density at radius 2 is 2.05 bits per heavy atom. The maximum atomic E-state index is 12.8. The van der Waals surface area contributed by atoms with Gasteiger partial charge in [-0.1, -0.05) is 0 Å². The van der Waals surface area contributed by atoms with Crippen molar-refractivity contribution in [1.29, 1.82) is 0 Å². The van der Waals surface area contributed by atoms with Crippen molar-refractivity contribution >= 4 is 21.8 Å². The Hall–Kier alpha value is -1.27. The quantitative estimate of drug-likeness (QED) is 0.825. The van der Waals surface area contributed by atoms with Crippen molar-refractivity contribution in [3.63, 3.8) is 0 Å². The molecule has 3 aliphatic rings. The topological polar surface area (TPSA) is 64.8 Å². The number of carbonyl (C=O) groups is 1. The number of halogens is 1. The maximum absolute atomic E-state index is 12.8. The first kappa shape index (κ1) is 14.3. The molecule has 1 aliphatic carbocycles. The maximum Gasteiger partial charge on any atom is 0.254 e. The van der Waals surface area contributed by atoms with Crippen molar-refractivity contribution in [3.05, 3.63) is 22.2 Å². The van der Waals surface area contributed by atoms with Crippen LogP contribution in [0.3, 0.4) is 0 Å². The van der Waals surface area contributed by atoms with Gasteiger partial charge in [0.05, 0.1) is 4.47 Å². The monoisotopic (exact) mass is 366 g/mol. The number of fused-ring (bicyclic) bond motifs is 2. The van der Waals surface area contributed by atoms with E-state index < -0.39 is 0 Å². The van der Waals surface area contributed by atoms with E-state index in [1.54, 1.807) is 6.07 Å². The molecule has 3 unspecified atom stereocenters. The van der Waals surface area contributed by atoms with Crippen LogP contribution in [-0.4, -0.2) is 43.2 Å². The highest BCUT2D eigenvalue weighted by Crippen LogP contribution is 2.40. The average molecular weight is 367 g/mol.